The van der Waals surface area contributed by atoms with Crippen LogP contribution in [-0.4, -0.2) is 35.6 Å². The number of hydrogen-bond donors (Lipinski definition) is 0. The fourth-order valence-corrected chi connectivity index (χ4v) is 3.18. The Morgan fingerprint density at radius 3 is 2.79 bits per heavy atom. The van der Waals surface area contributed by atoms with Crippen LogP contribution in [0.4, 0.5) is 0 Å². The molecule has 1 aromatic heterocycles. The van der Waals surface area contributed by atoms with Crippen molar-refractivity contribution in [3.05, 3.63) is 66.4 Å². The van der Waals surface area contributed by atoms with E-state index in [4.69, 9.17) is 14.2 Å². The third kappa shape index (κ3) is 4.07. The molecular formula is C22H22N2O4. The second-order valence-electron chi connectivity index (χ2n) is 6.61. The van der Waals surface area contributed by atoms with Gasteiger partial charge in [0.25, 0.3) is 0 Å². The van der Waals surface area contributed by atoms with E-state index in [2.05, 4.69) is 5.10 Å². The summed E-state index contributed by atoms with van der Waals surface area (Å²) < 4.78 is 18.6. The topological polar surface area (TPSA) is 62.6 Å². The first kappa shape index (κ1) is 18.3. The molecule has 1 aliphatic heterocycles. The summed E-state index contributed by atoms with van der Waals surface area (Å²) in [5, 5.41) is 4.54. The maximum absolute atomic E-state index is 12.4. The minimum absolute atomic E-state index is 0.0207. The first-order valence-electron chi connectivity index (χ1n) is 9.31. The highest BCUT2D eigenvalue weighted by atomic mass is 16.7. The Morgan fingerprint density at radius 2 is 2.04 bits per heavy atom. The molecule has 0 bridgehead atoms. The van der Waals surface area contributed by atoms with Crippen molar-refractivity contribution < 1.29 is 19.0 Å². The SMILES string of the molecule is COc1ccc(-c2ccn(CC(=O)c3ccccc3)n2)cc1O[C@H]1CCCO1. The number of methoxy groups -OCH3 is 1. The molecule has 0 amide bonds. The van der Waals surface area contributed by atoms with Gasteiger partial charge in [0.1, 0.15) is 6.54 Å². The summed E-state index contributed by atoms with van der Waals surface area (Å²) in [6.45, 7) is 0.909. The van der Waals surface area contributed by atoms with E-state index < -0.39 is 0 Å². The number of benzene rings is 2. The molecule has 0 unspecified atom stereocenters. The quantitative estimate of drug-likeness (QED) is 0.583. The summed E-state index contributed by atoms with van der Waals surface area (Å²) in [5.41, 5.74) is 2.33. The van der Waals surface area contributed by atoms with Gasteiger partial charge >= 0.3 is 0 Å². The second-order valence-corrected chi connectivity index (χ2v) is 6.61. The zero-order chi connectivity index (χ0) is 19.3. The molecule has 0 saturated carbocycles. The lowest BCUT2D eigenvalue weighted by atomic mass is 10.1. The van der Waals surface area contributed by atoms with E-state index in [-0.39, 0.29) is 18.6 Å². The molecule has 0 radical (unpaired) electrons. The van der Waals surface area contributed by atoms with Crippen molar-refractivity contribution in [1.29, 1.82) is 0 Å². The molecule has 6 heteroatoms. The van der Waals surface area contributed by atoms with Crippen molar-refractivity contribution in [2.45, 2.75) is 25.7 Å². The van der Waals surface area contributed by atoms with Crippen molar-refractivity contribution in [1.82, 2.24) is 9.78 Å². The van der Waals surface area contributed by atoms with Crippen LogP contribution in [0.2, 0.25) is 0 Å². The molecule has 6 nitrogen and oxygen atoms in total. The molecule has 0 spiro atoms. The number of ketones is 1. The van der Waals surface area contributed by atoms with E-state index in [1.165, 1.54) is 0 Å². The predicted molar refractivity (Wildman–Crippen MR) is 105 cm³/mol. The number of ether oxygens (including phenoxy) is 3. The molecule has 1 saturated heterocycles. The highest BCUT2D eigenvalue weighted by Gasteiger charge is 2.19. The van der Waals surface area contributed by atoms with Gasteiger partial charge in [-0.1, -0.05) is 30.3 Å². The second kappa shape index (κ2) is 8.27. The van der Waals surface area contributed by atoms with Crippen molar-refractivity contribution in [2.75, 3.05) is 13.7 Å². The average Bonchev–Trinajstić information content (AvgIpc) is 3.41. The van der Waals surface area contributed by atoms with Crippen LogP contribution in [0.3, 0.4) is 0 Å². The van der Waals surface area contributed by atoms with Gasteiger partial charge in [-0.05, 0) is 30.7 Å². The van der Waals surface area contributed by atoms with Crippen LogP contribution in [0.15, 0.2) is 60.8 Å². The number of aromatic nitrogens is 2. The number of rotatable bonds is 7. The highest BCUT2D eigenvalue weighted by Crippen LogP contribution is 2.34. The van der Waals surface area contributed by atoms with Crippen molar-refractivity contribution >= 4 is 5.78 Å². The van der Waals surface area contributed by atoms with Crippen molar-refractivity contribution in [3.8, 4) is 22.8 Å². The van der Waals surface area contributed by atoms with E-state index in [9.17, 15) is 4.79 Å². The Bertz CT molecular complexity index is 946. The Balaban J connectivity index is 1.52. The fraction of sp³-hybridized carbons (Fsp3) is 0.273. The maximum atomic E-state index is 12.4. The van der Waals surface area contributed by atoms with Crippen LogP contribution in [0.1, 0.15) is 23.2 Å². The fourth-order valence-electron chi connectivity index (χ4n) is 3.18. The third-order valence-electron chi connectivity index (χ3n) is 4.65. The minimum Gasteiger partial charge on any atom is -0.493 e. The summed E-state index contributed by atoms with van der Waals surface area (Å²) in [7, 11) is 1.61. The van der Waals surface area contributed by atoms with E-state index in [1.54, 1.807) is 18.0 Å². The molecule has 0 N–H and O–H groups in total. The molecule has 28 heavy (non-hydrogen) atoms. The maximum Gasteiger partial charge on any atom is 0.200 e. The summed E-state index contributed by atoms with van der Waals surface area (Å²) in [5.74, 6) is 1.30. The first-order valence-corrected chi connectivity index (χ1v) is 9.31. The molecule has 4 rings (SSSR count). The lowest BCUT2D eigenvalue weighted by Crippen LogP contribution is -2.14. The molecule has 3 aromatic rings. The van der Waals surface area contributed by atoms with Gasteiger partial charge in [-0.3, -0.25) is 9.48 Å². The van der Waals surface area contributed by atoms with Gasteiger partial charge in [0.15, 0.2) is 23.6 Å². The monoisotopic (exact) mass is 378 g/mol. The predicted octanol–water partition coefficient (Wildman–Crippen LogP) is 3.96. The van der Waals surface area contributed by atoms with Gasteiger partial charge in [0, 0.05) is 23.7 Å². The van der Waals surface area contributed by atoms with Crippen molar-refractivity contribution in [3.63, 3.8) is 0 Å². The van der Waals surface area contributed by atoms with E-state index in [1.807, 2.05) is 54.6 Å². The van der Waals surface area contributed by atoms with Crippen LogP contribution in [-0.2, 0) is 11.3 Å². The number of Topliss-reactive ketones (excluding diaryl/α,β-unsaturated/α-hetero) is 1. The van der Waals surface area contributed by atoms with Gasteiger partial charge in [-0.25, -0.2) is 0 Å². The Hall–Kier alpha value is -3.12. The molecule has 1 fully saturated rings. The van der Waals surface area contributed by atoms with E-state index in [0.717, 1.165) is 24.1 Å². The van der Waals surface area contributed by atoms with Crippen LogP contribution < -0.4 is 9.47 Å². The Kier molecular flexibility index (Phi) is 5.39. The van der Waals surface area contributed by atoms with Gasteiger partial charge < -0.3 is 14.2 Å². The normalized spacial score (nSPS) is 16.1. The standard InChI is InChI=1S/C22H22N2O4/c1-26-20-10-9-17(14-21(20)28-22-8-5-13-27-22)18-11-12-24(23-18)15-19(25)16-6-3-2-4-7-16/h2-4,6-7,9-12,14,22H,5,8,13,15H2,1H3/t22-/m0/s1. The molecule has 2 aromatic carbocycles. The van der Waals surface area contributed by atoms with Crippen LogP contribution in [0, 0.1) is 0 Å². The number of nitrogens with zero attached hydrogens (tertiary/aromatic N) is 2. The number of carbonyl (C=O) groups is 1. The molecule has 1 aliphatic rings. The van der Waals surface area contributed by atoms with Gasteiger partial charge in [-0.2, -0.15) is 5.10 Å². The lowest BCUT2D eigenvalue weighted by molar-refractivity contribution is -0.0402. The number of carbonyl (C=O) groups excluding carboxylic acids is 1. The van der Waals surface area contributed by atoms with Crippen molar-refractivity contribution in [2.24, 2.45) is 0 Å². The zero-order valence-electron chi connectivity index (χ0n) is 15.7. The Morgan fingerprint density at radius 1 is 1.18 bits per heavy atom. The van der Waals surface area contributed by atoms with Gasteiger partial charge in [-0.15, -0.1) is 0 Å². The van der Waals surface area contributed by atoms with Crippen LogP contribution in [0.25, 0.3) is 11.3 Å². The molecule has 2 heterocycles. The van der Waals surface area contributed by atoms with Gasteiger partial charge in [0.2, 0.25) is 0 Å². The third-order valence-corrected chi connectivity index (χ3v) is 4.65. The zero-order valence-corrected chi connectivity index (χ0v) is 15.7. The average molecular weight is 378 g/mol. The summed E-state index contributed by atoms with van der Waals surface area (Å²) in [6.07, 6.45) is 3.42. The lowest BCUT2D eigenvalue weighted by Gasteiger charge is -2.16. The largest absolute Gasteiger partial charge is 0.493 e. The minimum atomic E-state index is -0.245. The Labute approximate surface area is 163 Å². The van der Waals surface area contributed by atoms with E-state index in [0.29, 0.717) is 23.7 Å². The molecule has 144 valence electrons. The smallest absolute Gasteiger partial charge is 0.200 e. The summed E-state index contributed by atoms with van der Waals surface area (Å²) in [6, 6.07) is 16.8. The van der Waals surface area contributed by atoms with Crippen LogP contribution >= 0.6 is 0 Å². The molecular weight excluding hydrogens is 356 g/mol. The molecule has 1 atom stereocenters. The van der Waals surface area contributed by atoms with Gasteiger partial charge in [0.05, 0.1) is 19.4 Å². The summed E-state index contributed by atoms with van der Waals surface area (Å²) in [4.78, 5) is 12.4. The highest BCUT2D eigenvalue weighted by molar-refractivity contribution is 5.95. The number of hydrogen-bond acceptors (Lipinski definition) is 5. The first-order chi connectivity index (χ1) is 13.7. The van der Waals surface area contributed by atoms with E-state index >= 15 is 0 Å². The summed E-state index contributed by atoms with van der Waals surface area (Å²) >= 11 is 0. The van der Waals surface area contributed by atoms with Crippen LogP contribution in [0.5, 0.6) is 11.5 Å². The molecule has 0 aliphatic carbocycles.